The van der Waals surface area contributed by atoms with Crippen LogP contribution >= 0.6 is 23.1 Å². The molecule has 0 radical (unpaired) electrons. The minimum atomic E-state index is -0.979. The summed E-state index contributed by atoms with van der Waals surface area (Å²) in [5, 5.41) is 13.7. The van der Waals surface area contributed by atoms with Gasteiger partial charge in [0.2, 0.25) is 0 Å². The van der Waals surface area contributed by atoms with Gasteiger partial charge in [0, 0.05) is 22.7 Å². The molecular weight excluding hydrogens is 346 g/mol. The molecule has 0 aliphatic carbocycles. The van der Waals surface area contributed by atoms with Crippen LogP contribution in [0.3, 0.4) is 0 Å². The average molecular weight is 355 g/mol. The number of benzene rings is 2. The SMILES string of the molecule is Oc1cc(F)c(OCc2snnc2-c2ccc(Cl)cc2)c(F)c1. The summed E-state index contributed by atoms with van der Waals surface area (Å²) in [5.41, 5.74) is 1.33. The van der Waals surface area contributed by atoms with Gasteiger partial charge in [-0.1, -0.05) is 28.2 Å². The van der Waals surface area contributed by atoms with E-state index in [2.05, 4.69) is 9.59 Å². The summed E-state index contributed by atoms with van der Waals surface area (Å²) < 4.78 is 36.3. The first-order chi connectivity index (χ1) is 11.0. The molecule has 0 saturated carbocycles. The van der Waals surface area contributed by atoms with Crippen molar-refractivity contribution in [2.24, 2.45) is 0 Å². The predicted molar refractivity (Wildman–Crippen MR) is 82.7 cm³/mol. The molecule has 0 bridgehead atoms. The van der Waals surface area contributed by atoms with E-state index in [1.807, 2.05) is 0 Å². The Hall–Kier alpha value is -2.25. The third-order valence-corrected chi connectivity index (χ3v) is 3.95. The minimum absolute atomic E-state index is 0.103. The summed E-state index contributed by atoms with van der Waals surface area (Å²) in [6.07, 6.45) is 0. The minimum Gasteiger partial charge on any atom is -0.508 e. The van der Waals surface area contributed by atoms with Crippen molar-refractivity contribution < 1.29 is 18.6 Å². The van der Waals surface area contributed by atoms with Gasteiger partial charge in [0.05, 0.1) is 4.88 Å². The second kappa shape index (κ2) is 6.47. The summed E-state index contributed by atoms with van der Waals surface area (Å²) >= 11 is 6.91. The molecule has 1 N–H and O–H groups in total. The van der Waals surface area contributed by atoms with Crippen molar-refractivity contribution in [2.45, 2.75) is 6.61 Å². The van der Waals surface area contributed by atoms with E-state index >= 15 is 0 Å². The van der Waals surface area contributed by atoms with Crippen molar-refractivity contribution in [3.8, 4) is 22.8 Å². The van der Waals surface area contributed by atoms with E-state index in [1.54, 1.807) is 24.3 Å². The Morgan fingerprint density at radius 1 is 1.13 bits per heavy atom. The van der Waals surface area contributed by atoms with Gasteiger partial charge in [0.25, 0.3) is 0 Å². The maximum absolute atomic E-state index is 13.6. The number of hydrogen-bond acceptors (Lipinski definition) is 5. The number of aromatic hydroxyl groups is 1. The van der Waals surface area contributed by atoms with Gasteiger partial charge in [0.1, 0.15) is 18.1 Å². The topological polar surface area (TPSA) is 55.2 Å². The lowest BCUT2D eigenvalue weighted by molar-refractivity contribution is 0.275. The summed E-state index contributed by atoms with van der Waals surface area (Å²) in [5.74, 6) is -3.02. The first-order valence-corrected chi connectivity index (χ1v) is 7.57. The highest BCUT2D eigenvalue weighted by Gasteiger charge is 2.16. The molecule has 0 atom stereocenters. The predicted octanol–water partition coefficient (Wildman–Crippen LogP) is 4.42. The van der Waals surface area contributed by atoms with Crippen LogP contribution in [-0.4, -0.2) is 14.7 Å². The molecule has 3 rings (SSSR count). The second-order valence-corrected chi connectivity index (χ2v) is 5.85. The van der Waals surface area contributed by atoms with Crippen LogP contribution in [0.4, 0.5) is 8.78 Å². The molecule has 23 heavy (non-hydrogen) atoms. The number of rotatable bonds is 4. The van der Waals surface area contributed by atoms with Crippen LogP contribution in [0.5, 0.6) is 11.5 Å². The zero-order chi connectivity index (χ0) is 16.4. The van der Waals surface area contributed by atoms with Gasteiger partial charge in [-0.2, -0.15) is 0 Å². The normalized spacial score (nSPS) is 10.7. The molecule has 118 valence electrons. The molecule has 0 spiro atoms. The zero-order valence-electron chi connectivity index (χ0n) is 11.5. The van der Waals surface area contributed by atoms with E-state index in [0.29, 0.717) is 15.6 Å². The van der Waals surface area contributed by atoms with Crippen LogP contribution in [-0.2, 0) is 6.61 Å². The van der Waals surface area contributed by atoms with Crippen molar-refractivity contribution >= 4 is 23.1 Å². The van der Waals surface area contributed by atoms with E-state index < -0.39 is 23.1 Å². The molecule has 0 amide bonds. The van der Waals surface area contributed by atoms with Gasteiger partial charge in [-0.25, -0.2) is 8.78 Å². The average Bonchev–Trinajstić information content (AvgIpc) is 2.95. The molecule has 3 aromatic rings. The second-order valence-electron chi connectivity index (χ2n) is 4.58. The van der Waals surface area contributed by atoms with Gasteiger partial charge < -0.3 is 9.84 Å². The first-order valence-electron chi connectivity index (χ1n) is 6.42. The number of hydrogen-bond donors (Lipinski definition) is 1. The Morgan fingerprint density at radius 2 is 1.78 bits per heavy atom. The molecular formula is C15H9ClF2N2O2S. The number of halogens is 3. The number of ether oxygens (including phenoxy) is 1. The number of aromatic nitrogens is 2. The molecule has 2 aromatic carbocycles. The fraction of sp³-hybridized carbons (Fsp3) is 0.0667. The lowest BCUT2D eigenvalue weighted by Gasteiger charge is -2.08. The molecule has 0 aliphatic rings. The van der Waals surface area contributed by atoms with Crippen molar-refractivity contribution in [2.75, 3.05) is 0 Å². The summed E-state index contributed by atoms with van der Waals surface area (Å²) in [7, 11) is 0. The molecule has 0 saturated heterocycles. The Kier molecular flexibility index (Phi) is 4.40. The monoisotopic (exact) mass is 354 g/mol. The number of phenolic OH excluding ortho intramolecular Hbond substituents is 1. The maximum atomic E-state index is 13.6. The van der Waals surface area contributed by atoms with Crippen molar-refractivity contribution in [1.82, 2.24) is 9.59 Å². The van der Waals surface area contributed by atoms with Crippen LogP contribution < -0.4 is 4.74 Å². The van der Waals surface area contributed by atoms with Crippen LogP contribution in [0, 0.1) is 11.6 Å². The highest BCUT2D eigenvalue weighted by atomic mass is 35.5. The Bertz CT molecular complexity index is 817. The molecule has 0 unspecified atom stereocenters. The Morgan fingerprint density at radius 3 is 2.43 bits per heavy atom. The number of phenols is 1. The van der Waals surface area contributed by atoms with Gasteiger partial charge >= 0.3 is 0 Å². The molecule has 1 aromatic heterocycles. The summed E-state index contributed by atoms with van der Waals surface area (Å²) in [6, 6.07) is 8.52. The fourth-order valence-corrected chi connectivity index (χ4v) is 2.66. The summed E-state index contributed by atoms with van der Waals surface area (Å²) in [4.78, 5) is 0.610. The Balaban J connectivity index is 1.83. The van der Waals surface area contributed by atoms with Crippen LogP contribution in [0.2, 0.25) is 5.02 Å². The highest BCUT2D eigenvalue weighted by molar-refractivity contribution is 7.05. The van der Waals surface area contributed by atoms with Crippen LogP contribution in [0.1, 0.15) is 4.88 Å². The molecule has 0 fully saturated rings. The molecule has 0 aliphatic heterocycles. The molecule has 4 nitrogen and oxygen atoms in total. The van der Waals surface area contributed by atoms with E-state index in [9.17, 15) is 8.78 Å². The van der Waals surface area contributed by atoms with Gasteiger partial charge in [0.15, 0.2) is 17.4 Å². The van der Waals surface area contributed by atoms with Crippen LogP contribution in [0.15, 0.2) is 36.4 Å². The van der Waals surface area contributed by atoms with Crippen molar-refractivity contribution in [3.05, 3.63) is 57.9 Å². The van der Waals surface area contributed by atoms with Crippen LogP contribution in [0.25, 0.3) is 11.3 Å². The van der Waals surface area contributed by atoms with Gasteiger partial charge in [-0.3, -0.25) is 0 Å². The fourth-order valence-electron chi connectivity index (χ4n) is 1.95. The zero-order valence-corrected chi connectivity index (χ0v) is 13.0. The third-order valence-electron chi connectivity index (χ3n) is 3.00. The summed E-state index contributed by atoms with van der Waals surface area (Å²) in [6.45, 7) is -0.103. The number of nitrogens with zero attached hydrogens (tertiary/aromatic N) is 2. The van der Waals surface area contributed by atoms with Gasteiger partial charge in [-0.15, -0.1) is 5.10 Å². The lowest BCUT2D eigenvalue weighted by Crippen LogP contribution is -2.00. The Labute approximate surface area is 139 Å². The largest absolute Gasteiger partial charge is 0.508 e. The third kappa shape index (κ3) is 3.40. The van der Waals surface area contributed by atoms with Crippen molar-refractivity contribution in [1.29, 1.82) is 0 Å². The van der Waals surface area contributed by atoms with E-state index in [1.165, 1.54) is 0 Å². The lowest BCUT2D eigenvalue weighted by atomic mass is 10.1. The molecule has 1 heterocycles. The van der Waals surface area contributed by atoms with E-state index in [4.69, 9.17) is 21.4 Å². The van der Waals surface area contributed by atoms with E-state index in [0.717, 1.165) is 29.2 Å². The van der Waals surface area contributed by atoms with E-state index in [-0.39, 0.29) is 6.61 Å². The van der Waals surface area contributed by atoms with Crippen molar-refractivity contribution in [3.63, 3.8) is 0 Å². The standard InChI is InChI=1S/C15H9ClF2N2O2S/c16-9-3-1-8(2-4-9)14-13(23-20-19-14)7-22-15-11(17)5-10(21)6-12(15)18/h1-6,21H,7H2. The van der Waals surface area contributed by atoms with Gasteiger partial charge in [-0.05, 0) is 23.7 Å². The quantitative estimate of drug-likeness (QED) is 0.753. The first kappa shape index (κ1) is 15.6. The maximum Gasteiger partial charge on any atom is 0.191 e. The highest BCUT2D eigenvalue weighted by Crippen LogP contribution is 2.30. The molecule has 8 heteroatoms. The smallest absolute Gasteiger partial charge is 0.191 e.